The topological polar surface area (TPSA) is 54.5 Å². The molecule has 136 valence electrons. The van der Waals surface area contributed by atoms with Crippen molar-refractivity contribution in [2.45, 2.75) is 50.4 Å². The summed E-state index contributed by atoms with van der Waals surface area (Å²) in [4.78, 5) is 19.0. The first-order valence-electron chi connectivity index (χ1n) is 9.07. The monoisotopic (exact) mass is 371 g/mol. The zero-order chi connectivity index (χ0) is 17.9. The van der Waals surface area contributed by atoms with Crippen molar-refractivity contribution in [2.24, 2.45) is 0 Å². The summed E-state index contributed by atoms with van der Waals surface area (Å²) < 4.78 is 6.02. The molecule has 2 aliphatic heterocycles. The van der Waals surface area contributed by atoms with Gasteiger partial charge >= 0.3 is 6.03 Å². The van der Waals surface area contributed by atoms with Crippen molar-refractivity contribution < 1.29 is 9.53 Å². The summed E-state index contributed by atoms with van der Waals surface area (Å²) in [6, 6.07) is 13.7. The molecule has 0 aliphatic carbocycles. The number of hydrogen-bond acceptors (Lipinski definition) is 3. The fourth-order valence-corrected chi connectivity index (χ4v) is 4.14. The molecule has 2 unspecified atom stereocenters. The highest BCUT2D eigenvalue weighted by molar-refractivity contribution is 6.30. The molecule has 2 fully saturated rings. The number of benzene rings is 1. The van der Waals surface area contributed by atoms with Gasteiger partial charge in [0.15, 0.2) is 0 Å². The van der Waals surface area contributed by atoms with Gasteiger partial charge in [0.1, 0.15) is 6.10 Å². The lowest BCUT2D eigenvalue weighted by atomic mass is 10.00. The van der Waals surface area contributed by atoms with E-state index in [4.69, 9.17) is 16.3 Å². The van der Waals surface area contributed by atoms with Crippen LogP contribution in [0.25, 0.3) is 0 Å². The minimum atomic E-state index is 0.0173. The Morgan fingerprint density at radius 1 is 1.15 bits per heavy atom. The number of rotatable bonds is 4. The Morgan fingerprint density at radius 2 is 1.88 bits per heavy atom. The number of nitrogens with one attached hydrogen (secondary N) is 1. The van der Waals surface area contributed by atoms with E-state index in [9.17, 15) is 4.79 Å². The maximum Gasteiger partial charge on any atom is 0.318 e. The largest absolute Gasteiger partial charge is 0.474 e. The summed E-state index contributed by atoms with van der Waals surface area (Å²) >= 11 is 5.90. The van der Waals surface area contributed by atoms with Crippen LogP contribution < -0.4 is 10.1 Å². The SMILES string of the molecule is O=C(NCc1ccc(Cl)cc1)N1C2CCC1CC(Oc1ccccn1)C2. The predicted octanol–water partition coefficient (Wildman–Crippen LogP) is 4.02. The van der Waals surface area contributed by atoms with E-state index in [2.05, 4.69) is 10.3 Å². The van der Waals surface area contributed by atoms with E-state index in [-0.39, 0.29) is 24.2 Å². The van der Waals surface area contributed by atoms with E-state index in [1.807, 2.05) is 47.4 Å². The molecule has 0 spiro atoms. The number of pyridine rings is 1. The van der Waals surface area contributed by atoms with E-state index in [1.54, 1.807) is 6.20 Å². The van der Waals surface area contributed by atoms with Gasteiger partial charge in [0.05, 0.1) is 0 Å². The molecule has 1 N–H and O–H groups in total. The second-order valence-corrected chi connectivity index (χ2v) is 7.39. The van der Waals surface area contributed by atoms with Crippen LogP contribution in [0.15, 0.2) is 48.7 Å². The highest BCUT2D eigenvalue weighted by atomic mass is 35.5. The average Bonchev–Trinajstić information content (AvgIpc) is 2.93. The van der Waals surface area contributed by atoms with Crippen molar-refractivity contribution in [1.82, 2.24) is 15.2 Å². The normalized spacial score (nSPS) is 24.3. The zero-order valence-corrected chi connectivity index (χ0v) is 15.2. The van der Waals surface area contributed by atoms with E-state index >= 15 is 0 Å². The lowest BCUT2D eigenvalue weighted by molar-refractivity contribution is 0.0660. The van der Waals surface area contributed by atoms with Crippen molar-refractivity contribution in [3.05, 3.63) is 59.2 Å². The Balaban J connectivity index is 1.34. The van der Waals surface area contributed by atoms with Crippen molar-refractivity contribution >= 4 is 17.6 Å². The number of amides is 2. The fourth-order valence-electron chi connectivity index (χ4n) is 4.01. The third kappa shape index (κ3) is 3.78. The van der Waals surface area contributed by atoms with Crippen molar-refractivity contribution in [3.63, 3.8) is 0 Å². The van der Waals surface area contributed by atoms with Gasteiger partial charge in [-0.15, -0.1) is 0 Å². The minimum Gasteiger partial charge on any atom is -0.474 e. The molecule has 2 atom stereocenters. The maximum atomic E-state index is 12.7. The minimum absolute atomic E-state index is 0.0173. The molecule has 2 aromatic rings. The van der Waals surface area contributed by atoms with Crippen LogP contribution in [0.4, 0.5) is 4.79 Å². The van der Waals surface area contributed by atoms with Gasteiger partial charge in [0.25, 0.3) is 0 Å². The zero-order valence-electron chi connectivity index (χ0n) is 14.5. The first-order chi connectivity index (χ1) is 12.7. The number of hydrogen-bond donors (Lipinski definition) is 1. The van der Waals surface area contributed by atoms with Crippen LogP contribution >= 0.6 is 11.6 Å². The van der Waals surface area contributed by atoms with Gasteiger partial charge in [-0.2, -0.15) is 0 Å². The Kier molecular flexibility index (Phi) is 4.98. The van der Waals surface area contributed by atoms with E-state index in [0.717, 1.165) is 31.2 Å². The highest BCUT2D eigenvalue weighted by Gasteiger charge is 2.44. The standard InChI is InChI=1S/C20H22ClN3O2/c21-15-6-4-14(5-7-15)13-23-20(25)24-16-8-9-17(24)12-18(11-16)26-19-3-1-2-10-22-19/h1-7,10,16-18H,8-9,11-13H2,(H,23,25). The van der Waals surface area contributed by atoms with Crippen LogP contribution in [0.2, 0.25) is 5.02 Å². The third-order valence-corrected chi connectivity index (χ3v) is 5.46. The number of carbonyl (C=O) groups is 1. The summed E-state index contributed by atoms with van der Waals surface area (Å²) in [6.45, 7) is 0.514. The average molecular weight is 372 g/mol. The number of aromatic nitrogens is 1. The molecular weight excluding hydrogens is 350 g/mol. The van der Waals surface area contributed by atoms with Crippen LogP contribution in [0.3, 0.4) is 0 Å². The molecule has 0 saturated carbocycles. The highest BCUT2D eigenvalue weighted by Crippen LogP contribution is 2.37. The molecule has 3 heterocycles. The van der Waals surface area contributed by atoms with Crippen molar-refractivity contribution in [1.29, 1.82) is 0 Å². The van der Waals surface area contributed by atoms with Gasteiger partial charge in [-0.05, 0) is 36.6 Å². The Bertz CT molecular complexity index is 739. The number of carbonyl (C=O) groups excluding carboxylic acids is 1. The van der Waals surface area contributed by atoms with Gasteiger partial charge in [-0.25, -0.2) is 9.78 Å². The van der Waals surface area contributed by atoms with Gasteiger partial charge < -0.3 is 15.0 Å². The molecule has 1 aromatic carbocycles. The summed E-state index contributed by atoms with van der Waals surface area (Å²) in [6.07, 6.45) is 5.68. The van der Waals surface area contributed by atoms with E-state index in [1.165, 1.54) is 0 Å². The lowest BCUT2D eigenvalue weighted by Crippen LogP contribution is -2.52. The first kappa shape index (κ1) is 17.2. The van der Waals surface area contributed by atoms with Crippen LogP contribution in [0.1, 0.15) is 31.2 Å². The van der Waals surface area contributed by atoms with Crippen LogP contribution in [0.5, 0.6) is 5.88 Å². The molecule has 2 amide bonds. The van der Waals surface area contributed by atoms with Gasteiger partial charge in [-0.1, -0.05) is 29.8 Å². The molecule has 4 rings (SSSR count). The van der Waals surface area contributed by atoms with Crippen LogP contribution in [-0.2, 0) is 6.54 Å². The Hall–Kier alpha value is -2.27. The molecule has 0 radical (unpaired) electrons. The second kappa shape index (κ2) is 7.54. The fraction of sp³-hybridized carbons (Fsp3) is 0.400. The van der Waals surface area contributed by atoms with Crippen molar-refractivity contribution in [2.75, 3.05) is 0 Å². The number of piperidine rings is 1. The summed E-state index contributed by atoms with van der Waals surface area (Å²) in [7, 11) is 0. The molecule has 5 nitrogen and oxygen atoms in total. The first-order valence-corrected chi connectivity index (χ1v) is 9.45. The number of halogens is 1. The van der Waals surface area contributed by atoms with Crippen LogP contribution in [0, 0.1) is 0 Å². The summed E-state index contributed by atoms with van der Waals surface area (Å²) in [5.74, 6) is 0.664. The molecule has 2 aliphatic rings. The number of urea groups is 1. The molecule has 6 heteroatoms. The molecule has 26 heavy (non-hydrogen) atoms. The number of ether oxygens (including phenoxy) is 1. The molecular formula is C20H22ClN3O2. The Labute approximate surface area is 158 Å². The molecule has 1 aromatic heterocycles. The summed E-state index contributed by atoms with van der Waals surface area (Å²) in [5, 5.41) is 3.75. The molecule has 2 bridgehead atoms. The van der Waals surface area contributed by atoms with Crippen LogP contribution in [-0.4, -0.2) is 34.1 Å². The second-order valence-electron chi connectivity index (χ2n) is 6.96. The number of fused-ring (bicyclic) bond motifs is 2. The molecule has 2 saturated heterocycles. The van der Waals surface area contributed by atoms with E-state index < -0.39 is 0 Å². The third-order valence-electron chi connectivity index (χ3n) is 5.21. The quantitative estimate of drug-likeness (QED) is 0.883. The Morgan fingerprint density at radius 3 is 2.54 bits per heavy atom. The van der Waals surface area contributed by atoms with E-state index in [0.29, 0.717) is 17.4 Å². The van der Waals surface area contributed by atoms with Crippen molar-refractivity contribution in [3.8, 4) is 5.88 Å². The van der Waals surface area contributed by atoms with Gasteiger partial charge in [0, 0.05) is 48.8 Å². The summed E-state index contributed by atoms with van der Waals surface area (Å²) in [5.41, 5.74) is 1.04. The predicted molar refractivity (Wildman–Crippen MR) is 100 cm³/mol. The number of nitrogens with zero attached hydrogens (tertiary/aromatic N) is 2. The maximum absolute atomic E-state index is 12.7. The van der Waals surface area contributed by atoms with Gasteiger partial charge in [-0.3, -0.25) is 0 Å². The van der Waals surface area contributed by atoms with Gasteiger partial charge in [0.2, 0.25) is 5.88 Å². The lowest BCUT2D eigenvalue weighted by Gasteiger charge is -2.38. The smallest absolute Gasteiger partial charge is 0.318 e.